The Morgan fingerprint density at radius 2 is 1.82 bits per heavy atom. The van der Waals surface area contributed by atoms with Crippen LogP contribution >= 0.6 is 0 Å². The molecule has 0 aliphatic heterocycles. The lowest BCUT2D eigenvalue weighted by molar-refractivity contribution is 0.669. The van der Waals surface area contributed by atoms with Crippen molar-refractivity contribution in [3.8, 4) is 11.8 Å². The van der Waals surface area contributed by atoms with Crippen LogP contribution in [0.2, 0.25) is 0 Å². The summed E-state index contributed by atoms with van der Waals surface area (Å²) in [7, 11) is 0. The molecule has 0 spiro atoms. The van der Waals surface area contributed by atoms with E-state index in [0.29, 0.717) is 0 Å². The maximum Gasteiger partial charge on any atom is 0.136 e. The van der Waals surface area contributed by atoms with E-state index in [1.165, 1.54) is 0 Å². The average Bonchev–Trinajstić information content (AvgIpc) is 2.74. The molecule has 1 nitrogen and oxygen atoms in total. The molecule has 2 aromatic carbocycles. The number of furan rings is 1. The zero-order valence-corrected chi connectivity index (χ0v) is 9.23. The van der Waals surface area contributed by atoms with Gasteiger partial charge in [0.05, 0.1) is 0 Å². The van der Waals surface area contributed by atoms with Gasteiger partial charge in [-0.1, -0.05) is 36.6 Å². The number of allylic oxidation sites excluding steroid dienone is 1. The molecule has 0 bridgehead atoms. The van der Waals surface area contributed by atoms with Gasteiger partial charge < -0.3 is 4.42 Å². The Kier molecular flexibility index (Phi) is 2.20. The molecular weight excluding hydrogens is 208 g/mol. The Morgan fingerprint density at radius 1 is 1.00 bits per heavy atom. The van der Waals surface area contributed by atoms with Crippen molar-refractivity contribution in [3.05, 3.63) is 60.7 Å². The number of para-hydroxylation sites is 1. The summed E-state index contributed by atoms with van der Waals surface area (Å²) < 4.78 is 5.78. The fourth-order valence-electron chi connectivity index (χ4n) is 1.94. The van der Waals surface area contributed by atoms with Crippen molar-refractivity contribution >= 4 is 21.9 Å². The second-order valence-corrected chi connectivity index (χ2v) is 3.78. The first-order valence-electron chi connectivity index (χ1n) is 5.42. The largest absolute Gasteiger partial charge is 0.456 e. The zero-order valence-electron chi connectivity index (χ0n) is 9.23. The molecule has 0 amide bonds. The van der Waals surface area contributed by atoms with Crippen molar-refractivity contribution in [2.45, 2.75) is 0 Å². The minimum atomic E-state index is 0.877. The molecule has 0 saturated carbocycles. The summed E-state index contributed by atoms with van der Waals surface area (Å²) in [5, 5.41) is 2.27. The fraction of sp³-hybridized carbons (Fsp3) is 0. The van der Waals surface area contributed by atoms with Crippen LogP contribution in [-0.4, -0.2) is 0 Å². The molecule has 0 N–H and O–H groups in total. The summed E-state index contributed by atoms with van der Waals surface area (Å²) in [6.07, 6.45) is 1.59. The van der Waals surface area contributed by atoms with Gasteiger partial charge in [-0.25, -0.2) is 0 Å². The van der Waals surface area contributed by atoms with Crippen molar-refractivity contribution in [1.29, 1.82) is 0 Å². The van der Waals surface area contributed by atoms with Gasteiger partial charge in [0.1, 0.15) is 11.2 Å². The van der Waals surface area contributed by atoms with Crippen molar-refractivity contribution in [3.63, 3.8) is 0 Å². The van der Waals surface area contributed by atoms with Crippen LogP contribution in [0.3, 0.4) is 0 Å². The van der Waals surface area contributed by atoms with Crippen LogP contribution in [0, 0.1) is 11.8 Å². The van der Waals surface area contributed by atoms with E-state index in [1.807, 2.05) is 36.4 Å². The third-order valence-electron chi connectivity index (χ3n) is 2.70. The highest BCUT2D eigenvalue weighted by molar-refractivity contribution is 6.05. The van der Waals surface area contributed by atoms with E-state index in [-0.39, 0.29) is 0 Å². The Labute approximate surface area is 99.4 Å². The molecule has 1 aromatic heterocycles. The second kappa shape index (κ2) is 3.84. The average molecular weight is 218 g/mol. The quantitative estimate of drug-likeness (QED) is 0.517. The Morgan fingerprint density at radius 3 is 2.71 bits per heavy atom. The molecule has 0 aliphatic carbocycles. The van der Waals surface area contributed by atoms with Gasteiger partial charge >= 0.3 is 0 Å². The van der Waals surface area contributed by atoms with Gasteiger partial charge in [-0.05, 0) is 30.3 Å². The summed E-state index contributed by atoms with van der Waals surface area (Å²) >= 11 is 0. The topological polar surface area (TPSA) is 13.1 Å². The predicted molar refractivity (Wildman–Crippen MR) is 70.8 cm³/mol. The standard InChI is InChI=1S/C16H10O/c1-2-3-6-12-9-10-14-13-7-4-5-8-15(13)17-16(14)11-12/h2,4-5,7-11H,1H2. The number of rotatable bonds is 0. The molecule has 17 heavy (non-hydrogen) atoms. The number of benzene rings is 2. The maximum atomic E-state index is 5.78. The van der Waals surface area contributed by atoms with Crippen molar-refractivity contribution in [1.82, 2.24) is 0 Å². The molecule has 3 aromatic rings. The highest BCUT2D eigenvalue weighted by atomic mass is 16.3. The Hall–Kier alpha value is -2.46. The zero-order chi connectivity index (χ0) is 11.7. The summed E-state index contributed by atoms with van der Waals surface area (Å²) in [6, 6.07) is 14.0. The lowest BCUT2D eigenvalue weighted by Gasteiger charge is -1.90. The van der Waals surface area contributed by atoms with Crippen LogP contribution < -0.4 is 0 Å². The molecule has 0 fully saturated rings. The Bertz CT molecular complexity index is 766. The summed E-state index contributed by atoms with van der Waals surface area (Å²) in [5.41, 5.74) is 2.73. The van der Waals surface area contributed by atoms with Gasteiger partial charge in [0, 0.05) is 16.3 Å². The lowest BCUT2D eigenvalue weighted by atomic mass is 10.1. The highest BCUT2D eigenvalue weighted by Gasteiger charge is 2.05. The second-order valence-electron chi connectivity index (χ2n) is 3.78. The normalized spacial score (nSPS) is 10.1. The van der Waals surface area contributed by atoms with Gasteiger partial charge in [0.15, 0.2) is 0 Å². The number of hydrogen-bond donors (Lipinski definition) is 0. The molecule has 0 radical (unpaired) electrons. The van der Waals surface area contributed by atoms with Crippen molar-refractivity contribution in [2.24, 2.45) is 0 Å². The fourth-order valence-corrected chi connectivity index (χ4v) is 1.94. The van der Waals surface area contributed by atoms with E-state index in [2.05, 4.69) is 24.5 Å². The summed E-state index contributed by atoms with van der Waals surface area (Å²) in [4.78, 5) is 0. The molecule has 0 aliphatic rings. The minimum absolute atomic E-state index is 0.877. The van der Waals surface area contributed by atoms with Gasteiger partial charge in [-0.15, -0.1) is 0 Å². The van der Waals surface area contributed by atoms with Crippen LogP contribution in [0.1, 0.15) is 5.56 Å². The molecule has 1 heteroatoms. The van der Waals surface area contributed by atoms with Gasteiger partial charge in [-0.3, -0.25) is 0 Å². The Balaban J connectivity index is 2.30. The van der Waals surface area contributed by atoms with Crippen LogP contribution in [0.15, 0.2) is 59.5 Å². The van der Waals surface area contributed by atoms with E-state index in [9.17, 15) is 0 Å². The lowest BCUT2D eigenvalue weighted by Crippen LogP contribution is -1.72. The molecule has 0 saturated heterocycles. The summed E-state index contributed by atoms with van der Waals surface area (Å²) in [5.74, 6) is 5.84. The SMILES string of the molecule is C=CC#Cc1ccc2c(c1)oc1ccccc12. The van der Waals surface area contributed by atoms with Crippen molar-refractivity contribution < 1.29 is 4.42 Å². The van der Waals surface area contributed by atoms with Gasteiger partial charge in [0.25, 0.3) is 0 Å². The van der Waals surface area contributed by atoms with E-state index in [0.717, 1.165) is 27.5 Å². The van der Waals surface area contributed by atoms with E-state index in [4.69, 9.17) is 4.42 Å². The molecule has 0 atom stereocenters. The molecule has 0 unspecified atom stereocenters. The van der Waals surface area contributed by atoms with Crippen LogP contribution in [0.4, 0.5) is 0 Å². The monoisotopic (exact) mass is 218 g/mol. The first-order valence-corrected chi connectivity index (χ1v) is 5.42. The van der Waals surface area contributed by atoms with Crippen LogP contribution in [-0.2, 0) is 0 Å². The van der Waals surface area contributed by atoms with E-state index in [1.54, 1.807) is 6.08 Å². The number of fused-ring (bicyclic) bond motifs is 3. The first-order chi connectivity index (χ1) is 8.38. The van der Waals surface area contributed by atoms with E-state index < -0.39 is 0 Å². The van der Waals surface area contributed by atoms with Gasteiger partial charge in [-0.2, -0.15) is 0 Å². The van der Waals surface area contributed by atoms with E-state index >= 15 is 0 Å². The third-order valence-corrected chi connectivity index (χ3v) is 2.70. The highest BCUT2D eigenvalue weighted by Crippen LogP contribution is 2.28. The van der Waals surface area contributed by atoms with Gasteiger partial charge in [0.2, 0.25) is 0 Å². The predicted octanol–water partition coefficient (Wildman–Crippen LogP) is 4.12. The van der Waals surface area contributed by atoms with Crippen LogP contribution in [0.25, 0.3) is 21.9 Å². The minimum Gasteiger partial charge on any atom is -0.456 e. The maximum absolute atomic E-state index is 5.78. The molecule has 1 heterocycles. The summed E-state index contributed by atoms with van der Waals surface area (Å²) in [6.45, 7) is 3.58. The van der Waals surface area contributed by atoms with Crippen molar-refractivity contribution in [2.75, 3.05) is 0 Å². The van der Waals surface area contributed by atoms with Crippen LogP contribution in [0.5, 0.6) is 0 Å². The molecule has 80 valence electrons. The molecular formula is C16H10O. The third kappa shape index (κ3) is 1.60. The smallest absolute Gasteiger partial charge is 0.136 e. The first kappa shape index (κ1) is 9.74. The number of hydrogen-bond acceptors (Lipinski definition) is 1. The molecule has 3 rings (SSSR count).